The number of hydrogen-bond donors (Lipinski definition) is 1. The number of anilines is 2. The van der Waals surface area contributed by atoms with Crippen molar-refractivity contribution in [2.45, 2.75) is 0 Å². The molecular weight excluding hydrogens is 380 g/mol. The maximum Gasteiger partial charge on any atom is 0.260 e. The SMILES string of the molecule is COc1ccccc1N(CC(=O)N/N=C\c1ccc(N(C)C)cc1)S(C)(=O)=O. The van der Waals surface area contributed by atoms with Crippen molar-refractivity contribution < 1.29 is 17.9 Å². The number of carbonyl (C=O) groups excluding carboxylic acids is 1. The van der Waals surface area contributed by atoms with Crippen molar-refractivity contribution in [2.24, 2.45) is 5.10 Å². The molecule has 8 nitrogen and oxygen atoms in total. The zero-order valence-electron chi connectivity index (χ0n) is 16.3. The Morgan fingerprint density at radius 3 is 2.36 bits per heavy atom. The van der Waals surface area contributed by atoms with Crippen molar-refractivity contribution in [1.82, 2.24) is 5.43 Å². The number of amides is 1. The summed E-state index contributed by atoms with van der Waals surface area (Å²) in [4.78, 5) is 14.2. The molecule has 28 heavy (non-hydrogen) atoms. The third kappa shape index (κ3) is 5.71. The van der Waals surface area contributed by atoms with Crippen LogP contribution in [0.4, 0.5) is 11.4 Å². The fourth-order valence-electron chi connectivity index (χ4n) is 2.42. The molecule has 0 aliphatic heterocycles. The van der Waals surface area contributed by atoms with Crippen molar-refractivity contribution in [3.8, 4) is 5.75 Å². The quantitative estimate of drug-likeness (QED) is 0.534. The molecule has 0 aliphatic rings. The molecule has 0 fully saturated rings. The van der Waals surface area contributed by atoms with Crippen LogP contribution in [0.2, 0.25) is 0 Å². The number of nitrogens with one attached hydrogen (secondary N) is 1. The molecule has 0 bridgehead atoms. The van der Waals surface area contributed by atoms with Gasteiger partial charge in [-0.05, 0) is 29.8 Å². The van der Waals surface area contributed by atoms with Gasteiger partial charge in [-0.15, -0.1) is 0 Å². The summed E-state index contributed by atoms with van der Waals surface area (Å²) in [5.41, 5.74) is 4.48. The highest BCUT2D eigenvalue weighted by Gasteiger charge is 2.23. The Balaban J connectivity index is 2.08. The van der Waals surface area contributed by atoms with Crippen LogP contribution < -0.4 is 19.4 Å². The summed E-state index contributed by atoms with van der Waals surface area (Å²) in [6.07, 6.45) is 2.52. The first-order valence-electron chi connectivity index (χ1n) is 8.42. The third-order valence-corrected chi connectivity index (χ3v) is 4.98. The number of carbonyl (C=O) groups is 1. The molecule has 9 heteroatoms. The van der Waals surface area contributed by atoms with E-state index in [9.17, 15) is 13.2 Å². The zero-order valence-corrected chi connectivity index (χ0v) is 17.1. The summed E-state index contributed by atoms with van der Waals surface area (Å²) < 4.78 is 30.5. The second kappa shape index (κ2) is 9.23. The lowest BCUT2D eigenvalue weighted by Gasteiger charge is -2.23. The minimum Gasteiger partial charge on any atom is -0.495 e. The lowest BCUT2D eigenvalue weighted by atomic mass is 10.2. The predicted octanol–water partition coefficient (Wildman–Crippen LogP) is 1.68. The third-order valence-electron chi connectivity index (χ3n) is 3.85. The van der Waals surface area contributed by atoms with E-state index in [1.54, 1.807) is 24.3 Å². The fourth-order valence-corrected chi connectivity index (χ4v) is 3.28. The van der Waals surface area contributed by atoms with Crippen LogP contribution in [-0.2, 0) is 14.8 Å². The van der Waals surface area contributed by atoms with Crippen molar-refractivity contribution in [2.75, 3.05) is 43.2 Å². The van der Waals surface area contributed by atoms with Crippen LogP contribution in [0.5, 0.6) is 5.75 Å². The van der Waals surface area contributed by atoms with E-state index in [0.29, 0.717) is 5.75 Å². The molecule has 0 atom stereocenters. The predicted molar refractivity (Wildman–Crippen MR) is 112 cm³/mol. The minimum atomic E-state index is -3.70. The summed E-state index contributed by atoms with van der Waals surface area (Å²) >= 11 is 0. The van der Waals surface area contributed by atoms with Crippen LogP contribution >= 0.6 is 0 Å². The van der Waals surface area contributed by atoms with Crippen LogP contribution in [0, 0.1) is 0 Å². The highest BCUT2D eigenvalue weighted by Crippen LogP contribution is 2.29. The molecular formula is C19H24N4O4S. The van der Waals surface area contributed by atoms with Gasteiger partial charge in [-0.25, -0.2) is 13.8 Å². The highest BCUT2D eigenvalue weighted by molar-refractivity contribution is 7.92. The second-order valence-electron chi connectivity index (χ2n) is 6.22. The Hall–Kier alpha value is -3.07. The second-order valence-corrected chi connectivity index (χ2v) is 8.13. The maximum atomic E-state index is 12.2. The maximum absolute atomic E-state index is 12.2. The molecule has 0 radical (unpaired) electrons. The molecule has 1 amide bonds. The smallest absolute Gasteiger partial charge is 0.260 e. The van der Waals surface area contributed by atoms with Crippen molar-refractivity contribution in [3.63, 3.8) is 0 Å². The molecule has 2 aromatic carbocycles. The molecule has 2 rings (SSSR count). The number of ether oxygens (including phenoxy) is 1. The van der Waals surface area contributed by atoms with Gasteiger partial charge in [-0.2, -0.15) is 5.10 Å². The van der Waals surface area contributed by atoms with E-state index in [1.807, 2.05) is 43.3 Å². The first kappa shape index (κ1) is 21.2. The van der Waals surface area contributed by atoms with Gasteiger partial charge in [0.15, 0.2) is 0 Å². The molecule has 0 unspecified atom stereocenters. The van der Waals surface area contributed by atoms with Crippen LogP contribution in [0.15, 0.2) is 53.6 Å². The lowest BCUT2D eigenvalue weighted by molar-refractivity contribution is -0.119. The molecule has 0 spiro atoms. The first-order chi connectivity index (χ1) is 13.2. The number of methoxy groups -OCH3 is 1. The number of rotatable bonds is 8. The van der Waals surface area contributed by atoms with Gasteiger partial charge in [0.25, 0.3) is 5.91 Å². The Labute approximate surface area is 165 Å². The highest BCUT2D eigenvalue weighted by atomic mass is 32.2. The monoisotopic (exact) mass is 404 g/mol. The van der Waals surface area contributed by atoms with Gasteiger partial charge in [0.05, 0.1) is 25.3 Å². The van der Waals surface area contributed by atoms with E-state index in [2.05, 4.69) is 10.5 Å². The van der Waals surface area contributed by atoms with E-state index in [4.69, 9.17) is 4.74 Å². The topological polar surface area (TPSA) is 91.3 Å². The molecule has 0 aromatic heterocycles. The van der Waals surface area contributed by atoms with Crippen LogP contribution in [0.3, 0.4) is 0 Å². The summed E-state index contributed by atoms with van der Waals surface area (Å²) in [7, 11) is 1.62. The van der Waals surface area contributed by atoms with Crippen molar-refractivity contribution >= 4 is 33.5 Å². The molecule has 1 N–H and O–H groups in total. The minimum absolute atomic E-state index is 0.283. The van der Waals surface area contributed by atoms with Gasteiger partial charge in [-0.1, -0.05) is 24.3 Å². The van der Waals surface area contributed by atoms with Crippen molar-refractivity contribution in [3.05, 3.63) is 54.1 Å². The Morgan fingerprint density at radius 2 is 1.79 bits per heavy atom. The number of benzene rings is 2. The van der Waals surface area contributed by atoms with Crippen LogP contribution in [0.1, 0.15) is 5.56 Å². The molecule has 0 saturated carbocycles. The summed E-state index contributed by atoms with van der Waals surface area (Å²) in [5.74, 6) is -0.220. The summed E-state index contributed by atoms with van der Waals surface area (Å²) in [6.45, 7) is -0.421. The number of para-hydroxylation sites is 2. The van der Waals surface area contributed by atoms with Gasteiger partial charge >= 0.3 is 0 Å². The standard InChI is InChI=1S/C19H24N4O4S/c1-22(2)16-11-9-15(10-12-16)13-20-21-19(24)14-23(28(4,25)26)17-7-5-6-8-18(17)27-3/h5-13H,14H2,1-4H3,(H,21,24)/b20-13-. The van der Waals surface area contributed by atoms with Gasteiger partial charge in [-0.3, -0.25) is 9.10 Å². The van der Waals surface area contributed by atoms with Gasteiger partial charge in [0.1, 0.15) is 12.3 Å². The normalized spacial score (nSPS) is 11.3. The number of hydrogen-bond acceptors (Lipinski definition) is 6. The fraction of sp³-hybridized carbons (Fsp3) is 0.263. The summed E-state index contributed by atoms with van der Waals surface area (Å²) in [5, 5.41) is 3.90. The van der Waals surface area contributed by atoms with Gasteiger partial charge < -0.3 is 9.64 Å². The van der Waals surface area contributed by atoms with E-state index < -0.39 is 22.5 Å². The first-order valence-corrected chi connectivity index (χ1v) is 10.3. The van der Waals surface area contributed by atoms with Crippen LogP contribution in [-0.4, -0.2) is 54.5 Å². The average Bonchev–Trinajstić information content (AvgIpc) is 2.65. The number of nitrogens with zero attached hydrogens (tertiary/aromatic N) is 3. The lowest BCUT2D eigenvalue weighted by Crippen LogP contribution is -2.39. The average molecular weight is 404 g/mol. The zero-order chi connectivity index (χ0) is 20.7. The Bertz CT molecular complexity index is 941. The van der Waals surface area contributed by atoms with Crippen molar-refractivity contribution in [1.29, 1.82) is 0 Å². The Kier molecular flexibility index (Phi) is 7.00. The Morgan fingerprint density at radius 1 is 1.14 bits per heavy atom. The molecule has 2 aromatic rings. The van der Waals surface area contributed by atoms with E-state index >= 15 is 0 Å². The van der Waals surface area contributed by atoms with Crippen LogP contribution in [0.25, 0.3) is 0 Å². The van der Waals surface area contributed by atoms with E-state index in [1.165, 1.54) is 13.3 Å². The van der Waals surface area contributed by atoms with E-state index in [0.717, 1.165) is 21.8 Å². The van der Waals surface area contributed by atoms with E-state index in [-0.39, 0.29) is 5.69 Å². The van der Waals surface area contributed by atoms with Gasteiger partial charge in [0, 0.05) is 19.8 Å². The number of sulfonamides is 1. The molecule has 0 heterocycles. The molecule has 0 aliphatic carbocycles. The number of hydrazone groups is 1. The van der Waals surface area contributed by atoms with Gasteiger partial charge in [0.2, 0.25) is 10.0 Å². The molecule has 0 saturated heterocycles. The summed E-state index contributed by atoms with van der Waals surface area (Å²) in [6, 6.07) is 14.2. The molecule has 150 valence electrons. The largest absolute Gasteiger partial charge is 0.495 e.